The first-order valence-electron chi connectivity index (χ1n) is 8.46. The molecule has 0 aliphatic heterocycles. The van der Waals surface area contributed by atoms with Crippen molar-refractivity contribution < 1.29 is 9.53 Å². The predicted molar refractivity (Wildman–Crippen MR) is 104 cm³/mol. The van der Waals surface area contributed by atoms with E-state index in [9.17, 15) is 4.79 Å². The fourth-order valence-corrected chi connectivity index (χ4v) is 2.41. The zero-order chi connectivity index (χ0) is 18.4. The van der Waals surface area contributed by atoms with Gasteiger partial charge < -0.3 is 15.8 Å². The van der Waals surface area contributed by atoms with Crippen LogP contribution in [0.3, 0.4) is 0 Å². The smallest absolute Gasteiger partial charge is 0.411 e. The molecule has 5 heteroatoms. The molecule has 0 bridgehead atoms. The van der Waals surface area contributed by atoms with E-state index in [4.69, 9.17) is 10.5 Å². The van der Waals surface area contributed by atoms with Crippen molar-refractivity contribution in [3.63, 3.8) is 0 Å². The van der Waals surface area contributed by atoms with Gasteiger partial charge in [-0.3, -0.25) is 5.32 Å². The van der Waals surface area contributed by atoms with E-state index in [0.717, 1.165) is 11.3 Å². The normalized spacial score (nSPS) is 11.0. The third kappa shape index (κ3) is 5.41. The number of rotatable bonds is 5. The van der Waals surface area contributed by atoms with Crippen molar-refractivity contribution in [2.24, 2.45) is 0 Å². The molecule has 0 radical (unpaired) electrons. The molecule has 0 spiro atoms. The lowest BCUT2D eigenvalue weighted by molar-refractivity contribution is 0.168. The molecule has 4 N–H and O–H groups in total. The molecule has 0 aromatic heterocycles. The highest BCUT2D eigenvalue weighted by molar-refractivity contribution is 5.89. The molecule has 2 aromatic carbocycles. The number of ether oxygens (including phenoxy) is 1. The van der Waals surface area contributed by atoms with Crippen LogP contribution >= 0.6 is 0 Å². The Balaban J connectivity index is 1.97. The van der Waals surface area contributed by atoms with Crippen molar-refractivity contribution in [1.29, 1.82) is 0 Å². The molecule has 0 fully saturated rings. The van der Waals surface area contributed by atoms with E-state index < -0.39 is 6.09 Å². The first-order valence-corrected chi connectivity index (χ1v) is 8.46. The molecule has 0 saturated heterocycles. The number of hydrogen-bond acceptors (Lipinski definition) is 4. The van der Waals surface area contributed by atoms with Crippen LogP contribution in [-0.2, 0) is 16.7 Å². The minimum absolute atomic E-state index is 0.148. The Hall–Kier alpha value is -2.69. The molecule has 0 unspecified atom stereocenters. The Morgan fingerprint density at radius 3 is 2.36 bits per heavy atom. The first kappa shape index (κ1) is 18.6. The van der Waals surface area contributed by atoms with E-state index in [1.54, 1.807) is 13.0 Å². The van der Waals surface area contributed by atoms with Gasteiger partial charge in [0, 0.05) is 12.2 Å². The number of carbonyl (C=O) groups excluding carboxylic acids is 1. The minimum Gasteiger partial charge on any atom is -0.450 e. The number of hydrogen-bond donors (Lipinski definition) is 3. The van der Waals surface area contributed by atoms with Gasteiger partial charge in [-0.1, -0.05) is 39.0 Å². The summed E-state index contributed by atoms with van der Waals surface area (Å²) in [5.41, 5.74) is 10.6. The third-order valence-corrected chi connectivity index (χ3v) is 3.88. The van der Waals surface area contributed by atoms with Gasteiger partial charge in [0.1, 0.15) is 0 Å². The van der Waals surface area contributed by atoms with Crippen LogP contribution < -0.4 is 16.4 Å². The lowest BCUT2D eigenvalue weighted by atomic mass is 9.87. The third-order valence-electron chi connectivity index (χ3n) is 3.88. The summed E-state index contributed by atoms with van der Waals surface area (Å²) < 4.78 is 4.85. The van der Waals surface area contributed by atoms with Crippen LogP contribution in [0.1, 0.15) is 38.8 Å². The van der Waals surface area contributed by atoms with Gasteiger partial charge in [-0.15, -0.1) is 0 Å². The number of amides is 1. The summed E-state index contributed by atoms with van der Waals surface area (Å²) in [5.74, 6) is 0. The van der Waals surface area contributed by atoms with Crippen LogP contribution in [0.5, 0.6) is 0 Å². The van der Waals surface area contributed by atoms with Crippen LogP contribution in [0, 0.1) is 0 Å². The number of nitrogens with two attached hydrogens (primary N) is 1. The highest BCUT2D eigenvalue weighted by Crippen LogP contribution is 2.24. The largest absolute Gasteiger partial charge is 0.450 e. The van der Waals surface area contributed by atoms with Gasteiger partial charge in [0.2, 0.25) is 0 Å². The summed E-state index contributed by atoms with van der Waals surface area (Å²) in [6, 6.07) is 14.0. The number of carbonyl (C=O) groups is 1. The maximum absolute atomic E-state index is 11.5. The minimum atomic E-state index is -0.501. The Morgan fingerprint density at radius 1 is 1.12 bits per heavy atom. The van der Waals surface area contributed by atoms with Crippen LogP contribution in [0.2, 0.25) is 0 Å². The van der Waals surface area contributed by atoms with E-state index in [1.165, 1.54) is 5.56 Å². The maximum atomic E-state index is 11.5. The summed E-state index contributed by atoms with van der Waals surface area (Å²) in [6.45, 7) is 9.32. The van der Waals surface area contributed by atoms with E-state index >= 15 is 0 Å². The molecule has 5 nitrogen and oxygen atoms in total. The number of anilines is 3. The van der Waals surface area contributed by atoms with Crippen LogP contribution in [0.25, 0.3) is 0 Å². The highest BCUT2D eigenvalue weighted by Gasteiger charge is 2.12. The second kappa shape index (κ2) is 7.92. The molecule has 1 amide bonds. The molecule has 25 heavy (non-hydrogen) atoms. The van der Waals surface area contributed by atoms with Gasteiger partial charge in [-0.2, -0.15) is 0 Å². The highest BCUT2D eigenvalue weighted by atomic mass is 16.5. The van der Waals surface area contributed by atoms with Gasteiger partial charge in [0.25, 0.3) is 0 Å². The van der Waals surface area contributed by atoms with Crippen molar-refractivity contribution in [3.8, 4) is 0 Å². The van der Waals surface area contributed by atoms with E-state index in [2.05, 4.69) is 55.7 Å². The fourth-order valence-electron chi connectivity index (χ4n) is 2.41. The van der Waals surface area contributed by atoms with Gasteiger partial charge in [0.05, 0.1) is 18.0 Å². The molecule has 134 valence electrons. The van der Waals surface area contributed by atoms with Gasteiger partial charge in [-0.05, 0) is 47.7 Å². The van der Waals surface area contributed by atoms with E-state index in [0.29, 0.717) is 24.5 Å². The Labute approximate surface area is 149 Å². The van der Waals surface area contributed by atoms with Crippen LogP contribution in [0.4, 0.5) is 21.9 Å². The van der Waals surface area contributed by atoms with Crippen molar-refractivity contribution in [3.05, 3.63) is 53.6 Å². The zero-order valence-electron chi connectivity index (χ0n) is 15.3. The fraction of sp³-hybridized carbons (Fsp3) is 0.350. The lowest BCUT2D eigenvalue weighted by Crippen LogP contribution is -2.14. The van der Waals surface area contributed by atoms with Crippen molar-refractivity contribution in [2.45, 2.75) is 39.7 Å². The van der Waals surface area contributed by atoms with Crippen LogP contribution in [0.15, 0.2) is 42.5 Å². The van der Waals surface area contributed by atoms with Crippen molar-refractivity contribution in [2.75, 3.05) is 23.0 Å². The van der Waals surface area contributed by atoms with Crippen molar-refractivity contribution in [1.82, 2.24) is 0 Å². The molecule has 2 aromatic rings. The van der Waals surface area contributed by atoms with Gasteiger partial charge in [0.15, 0.2) is 0 Å². The van der Waals surface area contributed by atoms with Gasteiger partial charge >= 0.3 is 6.09 Å². The molecule has 0 atom stereocenters. The second-order valence-corrected chi connectivity index (χ2v) is 6.95. The topological polar surface area (TPSA) is 76.4 Å². The standard InChI is InChI=1S/C20H27N3O2/c1-5-25-19(24)23-18-11-6-14(12-17(18)21)13-22-16-9-7-15(8-10-16)20(2,3)4/h6-12,22H,5,13,21H2,1-4H3,(H,23,24). The summed E-state index contributed by atoms with van der Waals surface area (Å²) in [5, 5.41) is 6.01. The zero-order valence-corrected chi connectivity index (χ0v) is 15.3. The molecule has 0 aliphatic rings. The number of benzene rings is 2. The summed E-state index contributed by atoms with van der Waals surface area (Å²) in [7, 11) is 0. The molecular weight excluding hydrogens is 314 g/mol. The number of nitrogen functional groups attached to an aromatic ring is 1. The predicted octanol–water partition coefficient (Wildman–Crippen LogP) is 4.75. The van der Waals surface area contributed by atoms with Gasteiger partial charge in [-0.25, -0.2) is 4.79 Å². The molecule has 0 aliphatic carbocycles. The summed E-state index contributed by atoms with van der Waals surface area (Å²) in [4.78, 5) is 11.5. The first-order chi connectivity index (χ1) is 11.8. The second-order valence-electron chi connectivity index (χ2n) is 6.95. The average Bonchev–Trinajstić information content (AvgIpc) is 2.55. The van der Waals surface area contributed by atoms with Crippen molar-refractivity contribution >= 4 is 23.2 Å². The molecule has 0 heterocycles. The average molecular weight is 341 g/mol. The summed E-state index contributed by atoms with van der Waals surface area (Å²) in [6.07, 6.45) is -0.501. The lowest BCUT2D eigenvalue weighted by Gasteiger charge is -2.19. The quantitative estimate of drug-likeness (QED) is 0.686. The Morgan fingerprint density at radius 2 is 1.80 bits per heavy atom. The van der Waals surface area contributed by atoms with E-state index in [1.807, 2.05) is 12.1 Å². The molecule has 0 saturated carbocycles. The molecular formula is C20H27N3O2. The SMILES string of the molecule is CCOC(=O)Nc1ccc(CNc2ccc(C(C)(C)C)cc2)cc1N. The summed E-state index contributed by atoms with van der Waals surface area (Å²) >= 11 is 0. The maximum Gasteiger partial charge on any atom is 0.411 e. The monoisotopic (exact) mass is 341 g/mol. The van der Waals surface area contributed by atoms with E-state index in [-0.39, 0.29) is 5.41 Å². The Kier molecular flexibility index (Phi) is 5.91. The Bertz CT molecular complexity index is 719. The van der Waals surface area contributed by atoms with Crippen LogP contribution in [-0.4, -0.2) is 12.7 Å². The number of nitrogens with one attached hydrogen (secondary N) is 2. The molecule has 2 rings (SSSR count).